The Morgan fingerprint density at radius 2 is 1.80 bits per heavy atom. The van der Waals surface area contributed by atoms with Crippen LogP contribution in [0.15, 0.2) is 66.9 Å². The summed E-state index contributed by atoms with van der Waals surface area (Å²) in [5.74, 6) is 0.534. The van der Waals surface area contributed by atoms with Gasteiger partial charge in [-0.05, 0) is 24.3 Å². The summed E-state index contributed by atoms with van der Waals surface area (Å²) in [7, 11) is 0. The number of aromatic nitrogens is 3. The van der Waals surface area contributed by atoms with Crippen molar-refractivity contribution in [3.8, 4) is 11.3 Å². The van der Waals surface area contributed by atoms with E-state index in [1.54, 1.807) is 4.68 Å². The fourth-order valence-electron chi connectivity index (χ4n) is 3.08. The van der Waals surface area contributed by atoms with Gasteiger partial charge in [-0.2, -0.15) is 0 Å². The second-order valence-electron chi connectivity index (χ2n) is 6.53. The molecule has 1 N–H and O–H groups in total. The van der Waals surface area contributed by atoms with E-state index in [4.69, 9.17) is 0 Å². The van der Waals surface area contributed by atoms with E-state index in [1.165, 1.54) is 5.56 Å². The van der Waals surface area contributed by atoms with Gasteiger partial charge in [0.25, 0.3) is 0 Å². The lowest BCUT2D eigenvalue weighted by Gasteiger charge is -2.05. The Morgan fingerprint density at radius 3 is 2.56 bits per heavy atom. The molecule has 5 nitrogen and oxygen atoms in total. The molecule has 2 aromatic carbocycles. The highest BCUT2D eigenvalue weighted by molar-refractivity contribution is 5.76. The highest BCUT2D eigenvalue weighted by Gasteiger charge is 2.37. The van der Waals surface area contributed by atoms with Crippen molar-refractivity contribution in [3.63, 3.8) is 0 Å². The normalized spacial score (nSPS) is 18.7. The second kappa shape index (κ2) is 6.89. The number of hydrogen-bond acceptors (Lipinski definition) is 3. The van der Waals surface area contributed by atoms with Crippen LogP contribution in [0.3, 0.4) is 0 Å². The predicted molar refractivity (Wildman–Crippen MR) is 95.6 cm³/mol. The number of amides is 1. The summed E-state index contributed by atoms with van der Waals surface area (Å²) in [6.45, 7) is 0.203. The summed E-state index contributed by atoms with van der Waals surface area (Å²) < 4.78 is 1.59. The summed E-state index contributed by atoms with van der Waals surface area (Å²) >= 11 is 0. The molecule has 1 aliphatic rings. The van der Waals surface area contributed by atoms with Gasteiger partial charge in [0.1, 0.15) is 12.2 Å². The van der Waals surface area contributed by atoms with Crippen LogP contribution in [0, 0.1) is 5.92 Å². The second-order valence-corrected chi connectivity index (χ2v) is 6.53. The SMILES string of the molecule is O=C(Cn1cc(-c2ccccc2)nn1)NC1CC1Cc1ccccc1. The van der Waals surface area contributed by atoms with Crippen LogP contribution in [0.5, 0.6) is 0 Å². The molecule has 0 bridgehead atoms. The van der Waals surface area contributed by atoms with E-state index in [0.717, 1.165) is 24.1 Å². The van der Waals surface area contributed by atoms with E-state index in [0.29, 0.717) is 5.92 Å². The molecule has 3 aromatic rings. The van der Waals surface area contributed by atoms with Crippen molar-refractivity contribution in [3.05, 3.63) is 72.4 Å². The Labute approximate surface area is 146 Å². The van der Waals surface area contributed by atoms with Gasteiger partial charge in [-0.15, -0.1) is 5.10 Å². The molecule has 0 aliphatic heterocycles. The number of rotatable bonds is 6. The summed E-state index contributed by atoms with van der Waals surface area (Å²) in [6.07, 6.45) is 3.88. The Bertz CT molecular complexity index is 844. The van der Waals surface area contributed by atoms with Gasteiger partial charge in [0.2, 0.25) is 5.91 Å². The van der Waals surface area contributed by atoms with Gasteiger partial charge in [-0.3, -0.25) is 4.79 Å². The number of carbonyl (C=O) groups excluding carboxylic acids is 1. The monoisotopic (exact) mass is 332 g/mol. The summed E-state index contributed by atoms with van der Waals surface area (Å²) in [5.41, 5.74) is 3.11. The van der Waals surface area contributed by atoms with Gasteiger partial charge in [-0.25, -0.2) is 4.68 Å². The Morgan fingerprint density at radius 1 is 1.08 bits per heavy atom. The van der Waals surface area contributed by atoms with Crippen LogP contribution in [-0.2, 0) is 17.8 Å². The molecule has 2 unspecified atom stereocenters. The first-order chi connectivity index (χ1) is 12.3. The van der Waals surface area contributed by atoms with Crippen molar-refractivity contribution < 1.29 is 4.79 Å². The van der Waals surface area contributed by atoms with Gasteiger partial charge in [-0.1, -0.05) is 65.9 Å². The molecule has 2 atom stereocenters. The molecule has 0 spiro atoms. The molecule has 1 fully saturated rings. The minimum atomic E-state index is -0.00919. The van der Waals surface area contributed by atoms with Gasteiger partial charge >= 0.3 is 0 Å². The van der Waals surface area contributed by atoms with Crippen molar-refractivity contribution in [1.29, 1.82) is 0 Å². The van der Waals surface area contributed by atoms with Gasteiger partial charge in [0, 0.05) is 11.6 Å². The molecule has 4 rings (SSSR count). The van der Waals surface area contributed by atoms with Crippen LogP contribution >= 0.6 is 0 Å². The lowest BCUT2D eigenvalue weighted by Crippen LogP contribution is -2.30. The Kier molecular flexibility index (Phi) is 4.29. The third kappa shape index (κ3) is 3.94. The molecule has 126 valence electrons. The number of hydrogen-bond donors (Lipinski definition) is 1. The maximum Gasteiger partial charge on any atom is 0.242 e. The zero-order valence-corrected chi connectivity index (χ0v) is 13.9. The first-order valence-corrected chi connectivity index (χ1v) is 8.57. The molecule has 1 amide bonds. The molecule has 25 heavy (non-hydrogen) atoms. The van der Waals surface area contributed by atoms with Crippen LogP contribution in [-0.4, -0.2) is 26.9 Å². The molecular formula is C20H20N4O. The van der Waals surface area contributed by atoms with Crippen molar-refractivity contribution >= 4 is 5.91 Å². The van der Waals surface area contributed by atoms with Crippen LogP contribution < -0.4 is 5.32 Å². The van der Waals surface area contributed by atoms with E-state index in [-0.39, 0.29) is 18.5 Å². The average molecular weight is 332 g/mol. The summed E-state index contributed by atoms with van der Waals surface area (Å²) in [5, 5.41) is 11.3. The number of benzene rings is 2. The Balaban J connectivity index is 1.28. The zero-order valence-electron chi connectivity index (χ0n) is 13.9. The maximum atomic E-state index is 12.2. The largest absolute Gasteiger partial charge is 0.351 e. The van der Waals surface area contributed by atoms with Crippen molar-refractivity contribution in [1.82, 2.24) is 20.3 Å². The fraction of sp³-hybridized carbons (Fsp3) is 0.250. The fourth-order valence-corrected chi connectivity index (χ4v) is 3.08. The van der Waals surface area contributed by atoms with E-state index < -0.39 is 0 Å². The third-order valence-electron chi connectivity index (χ3n) is 4.52. The summed E-state index contributed by atoms with van der Waals surface area (Å²) in [6, 6.07) is 20.5. The number of nitrogens with zero attached hydrogens (tertiary/aromatic N) is 3. The minimum absolute atomic E-state index is 0.00919. The smallest absolute Gasteiger partial charge is 0.242 e. The highest BCUT2D eigenvalue weighted by atomic mass is 16.2. The maximum absolute atomic E-state index is 12.2. The number of carbonyl (C=O) groups is 1. The first-order valence-electron chi connectivity index (χ1n) is 8.57. The topological polar surface area (TPSA) is 59.8 Å². The standard InChI is InChI=1S/C20H20N4O/c25-20(21-18-12-17(18)11-15-7-3-1-4-8-15)14-24-13-19(22-23-24)16-9-5-2-6-10-16/h1-10,13,17-18H,11-12,14H2,(H,21,25). The molecule has 5 heteroatoms. The highest BCUT2D eigenvalue weighted by Crippen LogP contribution is 2.33. The lowest BCUT2D eigenvalue weighted by atomic mass is 10.1. The van der Waals surface area contributed by atoms with Crippen LogP contribution in [0.25, 0.3) is 11.3 Å². The minimum Gasteiger partial charge on any atom is -0.351 e. The molecule has 1 heterocycles. The van der Waals surface area contributed by atoms with E-state index in [9.17, 15) is 4.79 Å². The van der Waals surface area contributed by atoms with Crippen molar-refractivity contribution in [2.45, 2.75) is 25.4 Å². The summed E-state index contributed by atoms with van der Waals surface area (Å²) in [4.78, 5) is 12.2. The van der Waals surface area contributed by atoms with E-state index in [1.807, 2.05) is 42.6 Å². The quantitative estimate of drug-likeness (QED) is 0.755. The van der Waals surface area contributed by atoms with E-state index >= 15 is 0 Å². The zero-order chi connectivity index (χ0) is 17.1. The van der Waals surface area contributed by atoms with Gasteiger partial charge in [0.15, 0.2) is 0 Å². The number of nitrogens with one attached hydrogen (secondary N) is 1. The molecular weight excluding hydrogens is 312 g/mol. The lowest BCUT2D eigenvalue weighted by molar-refractivity contribution is -0.122. The predicted octanol–water partition coefficient (Wildman–Crippen LogP) is 2.69. The third-order valence-corrected chi connectivity index (χ3v) is 4.52. The van der Waals surface area contributed by atoms with Crippen molar-refractivity contribution in [2.75, 3.05) is 0 Å². The van der Waals surface area contributed by atoms with Crippen LogP contribution in [0.2, 0.25) is 0 Å². The van der Waals surface area contributed by atoms with Gasteiger partial charge < -0.3 is 5.32 Å². The Hall–Kier alpha value is -2.95. The first kappa shape index (κ1) is 15.6. The molecule has 0 radical (unpaired) electrons. The van der Waals surface area contributed by atoms with Crippen LogP contribution in [0.1, 0.15) is 12.0 Å². The van der Waals surface area contributed by atoms with Crippen LogP contribution in [0.4, 0.5) is 0 Å². The average Bonchev–Trinajstić information content (AvgIpc) is 3.17. The van der Waals surface area contributed by atoms with E-state index in [2.05, 4.69) is 39.9 Å². The molecule has 1 saturated carbocycles. The van der Waals surface area contributed by atoms with Crippen molar-refractivity contribution in [2.24, 2.45) is 5.92 Å². The molecule has 1 aliphatic carbocycles. The van der Waals surface area contributed by atoms with Gasteiger partial charge in [0.05, 0.1) is 6.20 Å². The molecule has 0 saturated heterocycles. The molecule has 1 aromatic heterocycles.